The largest absolute Gasteiger partial charge is 0.493 e. The smallest absolute Gasteiger partial charge is 0.125 e. The van der Waals surface area contributed by atoms with Gasteiger partial charge in [0.1, 0.15) is 5.75 Å². The van der Waals surface area contributed by atoms with E-state index in [2.05, 4.69) is 6.58 Å². The first-order valence-electron chi connectivity index (χ1n) is 6.11. The minimum atomic E-state index is -0.0102. The van der Waals surface area contributed by atoms with E-state index in [9.17, 15) is 5.11 Å². The summed E-state index contributed by atoms with van der Waals surface area (Å²) in [5.41, 5.74) is 1.95. The Balaban J connectivity index is 2.30. The predicted octanol–water partition coefficient (Wildman–Crippen LogP) is 3.68. The number of hydrogen-bond donors (Lipinski definition) is 1. The van der Waals surface area contributed by atoms with Crippen molar-refractivity contribution in [2.24, 2.45) is 0 Å². The predicted molar refractivity (Wildman–Crippen MR) is 74.8 cm³/mol. The first-order valence-corrected chi connectivity index (χ1v) is 6.11. The Kier molecular flexibility index (Phi) is 4.00. The SMILES string of the molecule is C=C(C)CCOc1ccc2ccccc2c1CO. The second-order valence-corrected chi connectivity index (χ2v) is 4.48. The van der Waals surface area contributed by atoms with Crippen LogP contribution in [0, 0.1) is 0 Å². The number of aliphatic hydroxyl groups is 1. The molecule has 0 aromatic heterocycles. The molecule has 0 atom stereocenters. The summed E-state index contributed by atoms with van der Waals surface area (Å²) in [5, 5.41) is 11.7. The third-order valence-electron chi connectivity index (χ3n) is 2.94. The van der Waals surface area contributed by atoms with E-state index in [4.69, 9.17) is 4.74 Å². The molecule has 94 valence electrons. The lowest BCUT2D eigenvalue weighted by Gasteiger charge is -2.12. The van der Waals surface area contributed by atoms with Gasteiger partial charge in [0.2, 0.25) is 0 Å². The van der Waals surface area contributed by atoms with Crippen LogP contribution in [0.1, 0.15) is 18.9 Å². The average Bonchev–Trinajstić information content (AvgIpc) is 2.38. The van der Waals surface area contributed by atoms with Gasteiger partial charge in [-0.3, -0.25) is 0 Å². The maximum absolute atomic E-state index is 9.53. The van der Waals surface area contributed by atoms with Crippen LogP contribution in [0.3, 0.4) is 0 Å². The zero-order valence-corrected chi connectivity index (χ0v) is 10.6. The van der Waals surface area contributed by atoms with Crippen molar-refractivity contribution in [1.82, 2.24) is 0 Å². The third-order valence-corrected chi connectivity index (χ3v) is 2.94. The molecule has 0 fully saturated rings. The Labute approximate surface area is 108 Å². The molecule has 2 nitrogen and oxygen atoms in total. The summed E-state index contributed by atoms with van der Waals surface area (Å²) in [7, 11) is 0. The lowest BCUT2D eigenvalue weighted by molar-refractivity contribution is 0.265. The molecule has 0 saturated heterocycles. The fourth-order valence-corrected chi connectivity index (χ4v) is 1.95. The summed E-state index contributed by atoms with van der Waals surface area (Å²) in [6.45, 7) is 6.42. The molecule has 0 saturated carbocycles. The molecule has 0 aliphatic heterocycles. The third kappa shape index (κ3) is 2.71. The molecule has 2 aromatic rings. The summed E-state index contributed by atoms with van der Waals surface area (Å²) in [5.74, 6) is 0.762. The van der Waals surface area contributed by atoms with Gasteiger partial charge in [0.05, 0.1) is 13.2 Å². The van der Waals surface area contributed by atoms with Crippen molar-refractivity contribution < 1.29 is 9.84 Å². The fourth-order valence-electron chi connectivity index (χ4n) is 1.95. The highest BCUT2D eigenvalue weighted by molar-refractivity contribution is 5.87. The molecule has 2 aromatic carbocycles. The zero-order valence-electron chi connectivity index (χ0n) is 10.6. The Morgan fingerprint density at radius 1 is 1.22 bits per heavy atom. The molecular weight excluding hydrogens is 224 g/mol. The highest BCUT2D eigenvalue weighted by atomic mass is 16.5. The molecule has 0 radical (unpaired) electrons. The average molecular weight is 242 g/mol. The van der Waals surface area contributed by atoms with Gasteiger partial charge in [-0.15, -0.1) is 6.58 Å². The Morgan fingerprint density at radius 3 is 2.72 bits per heavy atom. The van der Waals surface area contributed by atoms with Gasteiger partial charge >= 0.3 is 0 Å². The van der Waals surface area contributed by atoms with E-state index in [0.717, 1.165) is 34.1 Å². The maximum atomic E-state index is 9.53. The van der Waals surface area contributed by atoms with Crippen LogP contribution in [0.4, 0.5) is 0 Å². The van der Waals surface area contributed by atoms with Crippen molar-refractivity contribution in [2.75, 3.05) is 6.61 Å². The van der Waals surface area contributed by atoms with Crippen LogP contribution in [0.15, 0.2) is 48.6 Å². The van der Waals surface area contributed by atoms with E-state index in [1.165, 1.54) is 0 Å². The first kappa shape index (κ1) is 12.7. The van der Waals surface area contributed by atoms with Gasteiger partial charge in [-0.2, -0.15) is 0 Å². The van der Waals surface area contributed by atoms with E-state index < -0.39 is 0 Å². The van der Waals surface area contributed by atoms with Crippen molar-refractivity contribution in [2.45, 2.75) is 20.0 Å². The van der Waals surface area contributed by atoms with E-state index in [1.54, 1.807) is 0 Å². The van der Waals surface area contributed by atoms with Gasteiger partial charge in [0.25, 0.3) is 0 Å². The number of aliphatic hydroxyl groups excluding tert-OH is 1. The molecule has 0 bridgehead atoms. The van der Waals surface area contributed by atoms with E-state index in [0.29, 0.717) is 6.61 Å². The minimum Gasteiger partial charge on any atom is -0.493 e. The van der Waals surface area contributed by atoms with Gasteiger partial charge in [-0.05, 0) is 23.8 Å². The molecule has 2 rings (SSSR count). The van der Waals surface area contributed by atoms with E-state index in [-0.39, 0.29) is 6.61 Å². The molecule has 0 aliphatic carbocycles. The van der Waals surface area contributed by atoms with E-state index >= 15 is 0 Å². The summed E-state index contributed by atoms with van der Waals surface area (Å²) in [4.78, 5) is 0. The van der Waals surface area contributed by atoms with Crippen molar-refractivity contribution in [1.29, 1.82) is 0 Å². The Hall–Kier alpha value is -1.80. The fraction of sp³-hybridized carbons (Fsp3) is 0.250. The molecular formula is C16H18O2. The number of ether oxygens (including phenoxy) is 1. The first-order chi connectivity index (χ1) is 8.72. The van der Waals surface area contributed by atoms with Gasteiger partial charge in [-0.25, -0.2) is 0 Å². The number of benzene rings is 2. The van der Waals surface area contributed by atoms with E-state index in [1.807, 2.05) is 43.3 Å². The van der Waals surface area contributed by atoms with Crippen LogP contribution in [0.5, 0.6) is 5.75 Å². The topological polar surface area (TPSA) is 29.5 Å². The lowest BCUT2D eigenvalue weighted by atomic mass is 10.0. The molecule has 0 heterocycles. The van der Waals surface area contributed by atoms with Crippen LogP contribution in [0.25, 0.3) is 10.8 Å². The Morgan fingerprint density at radius 2 is 2.00 bits per heavy atom. The van der Waals surface area contributed by atoms with Crippen molar-refractivity contribution >= 4 is 10.8 Å². The van der Waals surface area contributed by atoms with Gasteiger partial charge in [0, 0.05) is 12.0 Å². The van der Waals surface area contributed by atoms with Gasteiger partial charge < -0.3 is 9.84 Å². The number of hydrogen-bond acceptors (Lipinski definition) is 2. The standard InChI is InChI=1S/C16H18O2/c1-12(2)9-10-18-16-8-7-13-5-3-4-6-14(13)15(16)11-17/h3-8,17H,1,9-11H2,2H3. The number of rotatable bonds is 5. The second kappa shape index (κ2) is 5.69. The maximum Gasteiger partial charge on any atom is 0.125 e. The minimum absolute atomic E-state index is 0.0102. The highest BCUT2D eigenvalue weighted by Gasteiger charge is 2.07. The highest BCUT2D eigenvalue weighted by Crippen LogP contribution is 2.28. The molecule has 18 heavy (non-hydrogen) atoms. The molecule has 0 unspecified atom stereocenters. The lowest BCUT2D eigenvalue weighted by Crippen LogP contribution is -2.01. The quantitative estimate of drug-likeness (QED) is 0.810. The van der Waals surface area contributed by atoms with Crippen LogP contribution >= 0.6 is 0 Å². The van der Waals surface area contributed by atoms with Crippen LogP contribution in [0.2, 0.25) is 0 Å². The van der Waals surface area contributed by atoms with Crippen LogP contribution < -0.4 is 4.74 Å². The summed E-state index contributed by atoms with van der Waals surface area (Å²) < 4.78 is 5.73. The molecule has 0 aliphatic rings. The molecule has 0 spiro atoms. The molecule has 1 N–H and O–H groups in total. The summed E-state index contributed by atoms with van der Waals surface area (Å²) in [6, 6.07) is 11.9. The monoisotopic (exact) mass is 242 g/mol. The summed E-state index contributed by atoms with van der Waals surface area (Å²) in [6.07, 6.45) is 0.831. The number of fused-ring (bicyclic) bond motifs is 1. The second-order valence-electron chi connectivity index (χ2n) is 4.48. The molecule has 0 amide bonds. The van der Waals surface area contributed by atoms with Crippen LogP contribution in [-0.2, 0) is 6.61 Å². The molecule has 2 heteroatoms. The normalized spacial score (nSPS) is 10.6. The van der Waals surface area contributed by atoms with Gasteiger partial charge in [-0.1, -0.05) is 35.9 Å². The summed E-state index contributed by atoms with van der Waals surface area (Å²) >= 11 is 0. The van der Waals surface area contributed by atoms with Crippen molar-refractivity contribution in [3.63, 3.8) is 0 Å². The van der Waals surface area contributed by atoms with Crippen molar-refractivity contribution in [3.05, 3.63) is 54.1 Å². The van der Waals surface area contributed by atoms with Crippen molar-refractivity contribution in [3.8, 4) is 5.75 Å². The Bertz CT molecular complexity index is 558. The zero-order chi connectivity index (χ0) is 13.0. The van der Waals surface area contributed by atoms with Gasteiger partial charge in [0.15, 0.2) is 0 Å². The van der Waals surface area contributed by atoms with Crippen LogP contribution in [-0.4, -0.2) is 11.7 Å².